The summed E-state index contributed by atoms with van der Waals surface area (Å²) in [6.07, 6.45) is 0. The molecule has 30 rings (SSSR count). The molecule has 8 aromatic carbocycles. The summed E-state index contributed by atoms with van der Waals surface area (Å²) < 4.78 is 47.0. The van der Waals surface area contributed by atoms with Crippen molar-refractivity contribution in [3.8, 4) is 89.4 Å². The molecule has 0 fully saturated rings. The van der Waals surface area contributed by atoms with E-state index in [-0.39, 0.29) is 56.0 Å². The van der Waals surface area contributed by atoms with Gasteiger partial charge >= 0.3 is 35.8 Å². The van der Waals surface area contributed by atoms with Gasteiger partial charge in [0.2, 0.25) is 0 Å². The standard InChI is InChI=1S/C75H72O15/c1-72(2,3)87-68(79)59-51-35-36-53(61(59)70(81)89-74(7,8)9)45-25-27-47(28-26-45)55-39-40-56(65(84-14)64(55)83-13)63(76)48-31-29-46(30-32-48)54-38-37-52(60(69(80)88-73(4,5)6)62(54)71(82)90-75(10,11)12)44-23-19-42(20-24-44)50-34-33-49(41-17-21-43(51)22-18-41)57(66(77)85-15)58(50)67(78)86-16/h17-40H,1-16H3. The Labute approximate surface area is 524 Å². The van der Waals surface area contributed by atoms with Gasteiger partial charge in [0.1, 0.15) is 22.4 Å². The Kier molecular flexibility index (Phi) is 17.7. The third kappa shape index (κ3) is 13.3. The number of benzene rings is 8. The average molecular weight is 1210 g/mol. The molecule has 0 saturated carbocycles. The summed E-state index contributed by atoms with van der Waals surface area (Å²) in [6.45, 7) is 20.7. The van der Waals surface area contributed by atoms with Gasteiger partial charge in [-0.3, -0.25) is 4.79 Å². The Balaban J connectivity index is 1.34. The smallest absolute Gasteiger partial charge is 0.340 e. The molecular weight excluding hydrogens is 1140 g/mol. The summed E-state index contributed by atoms with van der Waals surface area (Å²) in [5.74, 6) is -4.85. The Morgan fingerprint density at radius 1 is 0.244 bits per heavy atom. The van der Waals surface area contributed by atoms with Gasteiger partial charge in [-0.25, -0.2) is 28.8 Å². The predicted octanol–water partition coefficient (Wildman–Crippen LogP) is 16.3. The molecule has 22 aliphatic rings. The number of esters is 6. The highest BCUT2D eigenvalue weighted by molar-refractivity contribution is 6.16. The van der Waals surface area contributed by atoms with Gasteiger partial charge in [0, 0.05) is 11.1 Å². The summed E-state index contributed by atoms with van der Waals surface area (Å²) in [5, 5.41) is 0. The van der Waals surface area contributed by atoms with Crippen molar-refractivity contribution in [1.82, 2.24) is 0 Å². The normalized spacial score (nSPS) is 12.1. The van der Waals surface area contributed by atoms with Crippen molar-refractivity contribution in [2.45, 2.75) is 105 Å². The van der Waals surface area contributed by atoms with Crippen molar-refractivity contribution < 1.29 is 71.5 Å². The lowest BCUT2D eigenvalue weighted by molar-refractivity contribution is 0.00200. The van der Waals surface area contributed by atoms with Gasteiger partial charge in [-0.15, -0.1) is 0 Å². The third-order valence-electron chi connectivity index (χ3n) is 14.6. The van der Waals surface area contributed by atoms with Crippen LogP contribution in [0.15, 0.2) is 146 Å². The maximum absolute atomic E-state index is 14.8. The highest BCUT2D eigenvalue weighted by atomic mass is 16.6. The first-order valence-electron chi connectivity index (χ1n) is 29.2. The molecule has 0 amide bonds. The zero-order chi connectivity index (χ0) is 65.5. The lowest BCUT2D eigenvalue weighted by Crippen LogP contribution is -2.29. The molecule has 15 heteroatoms. The Hall–Kier alpha value is -10.2. The van der Waals surface area contributed by atoms with Crippen LogP contribution in [0.1, 0.15) is 161 Å². The maximum atomic E-state index is 14.8. The third-order valence-corrected chi connectivity index (χ3v) is 14.6. The highest BCUT2D eigenvalue weighted by Crippen LogP contribution is 2.45. The summed E-state index contributed by atoms with van der Waals surface area (Å²) in [5.41, 5.74) is 2.02. The van der Waals surface area contributed by atoms with Crippen molar-refractivity contribution in [3.05, 3.63) is 190 Å². The zero-order valence-corrected chi connectivity index (χ0v) is 53.5. The van der Waals surface area contributed by atoms with Crippen molar-refractivity contribution in [2.24, 2.45) is 0 Å². The first kappa shape index (κ1) is 64.3. The Morgan fingerprint density at radius 3 is 0.633 bits per heavy atom. The minimum absolute atomic E-state index is 0.0473. The minimum Gasteiger partial charge on any atom is -0.492 e. The summed E-state index contributed by atoms with van der Waals surface area (Å²) in [4.78, 5) is 102. The van der Waals surface area contributed by atoms with E-state index in [4.69, 9.17) is 37.9 Å². The minimum atomic E-state index is -1.01. The predicted molar refractivity (Wildman–Crippen MR) is 344 cm³/mol. The van der Waals surface area contributed by atoms with Gasteiger partial charge in [-0.1, -0.05) is 133 Å². The maximum Gasteiger partial charge on any atom is 0.340 e. The molecule has 0 aliphatic heterocycles. The van der Waals surface area contributed by atoms with Crippen LogP contribution < -0.4 is 9.47 Å². The van der Waals surface area contributed by atoms with Crippen LogP contribution in [-0.2, 0) is 28.4 Å². The molecule has 90 heavy (non-hydrogen) atoms. The van der Waals surface area contributed by atoms with E-state index in [1.165, 1.54) is 28.4 Å². The van der Waals surface area contributed by atoms with Crippen LogP contribution in [0.4, 0.5) is 0 Å². The number of ether oxygens (including phenoxy) is 8. The highest BCUT2D eigenvalue weighted by Gasteiger charge is 2.36. The monoisotopic (exact) mass is 1210 g/mol. The second-order valence-electron chi connectivity index (χ2n) is 25.6. The topological polar surface area (TPSA) is 193 Å². The number of hydrogen-bond donors (Lipinski definition) is 0. The van der Waals surface area contributed by atoms with Gasteiger partial charge in [-0.05, 0) is 168 Å². The lowest BCUT2D eigenvalue weighted by Gasteiger charge is -2.25. The van der Waals surface area contributed by atoms with E-state index >= 15 is 0 Å². The number of hydrogen-bond acceptors (Lipinski definition) is 15. The first-order chi connectivity index (χ1) is 42.3. The molecule has 0 spiro atoms. The van der Waals surface area contributed by atoms with E-state index in [0.29, 0.717) is 77.9 Å². The Morgan fingerprint density at radius 2 is 0.422 bits per heavy atom. The molecule has 0 aromatic heterocycles. The van der Waals surface area contributed by atoms with Crippen molar-refractivity contribution in [3.63, 3.8) is 0 Å². The van der Waals surface area contributed by atoms with Gasteiger partial charge in [-0.2, -0.15) is 0 Å². The molecule has 15 nitrogen and oxygen atoms in total. The molecule has 0 N–H and O–H groups in total. The van der Waals surface area contributed by atoms with E-state index in [2.05, 4.69) is 0 Å². The molecular formula is C75H72O15. The first-order valence-corrected chi connectivity index (χ1v) is 29.2. The van der Waals surface area contributed by atoms with Crippen LogP contribution in [0.25, 0.3) is 77.9 Å². The van der Waals surface area contributed by atoms with Crippen LogP contribution in [0.5, 0.6) is 11.5 Å². The summed E-state index contributed by atoms with van der Waals surface area (Å²) in [6, 6.07) is 41.2. The van der Waals surface area contributed by atoms with Crippen LogP contribution in [0.2, 0.25) is 0 Å². The Bertz CT molecular complexity index is 4180. The molecule has 0 saturated heterocycles. The van der Waals surface area contributed by atoms with Crippen LogP contribution in [0.3, 0.4) is 0 Å². The SMILES string of the molecule is COC(=O)c1c2ccc(c1C(=O)OC)-c1ccc(cc1)-c1ccc(c(C(=O)OC(C)(C)C)c1C(=O)OC(C)(C)C)-c1ccc(cc1)-c1ccc(c(OC)c1OC)C(=O)c1ccc(cc1)-c1ccc(c(C(=O)OC(C)(C)C)c1C(=O)OC(C)(C)C)-c1ccc-2cc1. The molecule has 0 radical (unpaired) electrons. The second-order valence-corrected chi connectivity index (χ2v) is 25.6. The van der Waals surface area contributed by atoms with E-state index in [0.717, 1.165) is 0 Å². The summed E-state index contributed by atoms with van der Waals surface area (Å²) in [7, 11) is 5.32. The number of rotatable bonds is 8. The average Bonchev–Trinajstić information content (AvgIpc) is 0.806. The molecule has 0 unspecified atom stereocenters. The van der Waals surface area contributed by atoms with E-state index in [9.17, 15) is 33.6 Å². The number of carbonyl (C=O) groups is 7. The van der Waals surface area contributed by atoms with Crippen molar-refractivity contribution in [2.75, 3.05) is 28.4 Å². The molecule has 8 aromatic rings. The van der Waals surface area contributed by atoms with Gasteiger partial charge in [0.25, 0.3) is 0 Å². The lowest BCUT2D eigenvalue weighted by atomic mass is 9.86. The van der Waals surface area contributed by atoms with E-state index in [1.54, 1.807) is 217 Å². The fourth-order valence-corrected chi connectivity index (χ4v) is 10.9. The molecule has 16 bridgehead atoms. The molecule has 0 atom stereocenters. The quantitative estimate of drug-likeness (QED) is 0.103. The number of methoxy groups -OCH3 is 4. The number of ketones is 1. The molecule has 22 aliphatic carbocycles. The van der Waals surface area contributed by atoms with Gasteiger partial charge in [0.05, 0.1) is 67.4 Å². The zero-order valence-electron chi connectivity index (χ0n) is 53.5. The van der Waals surface area contributed by atoms with Crippen LogP contribution in [0, 0.1) is 0 Å². The van der Waals surface area contributed by atoms with Crippen LogP contribution >= 0.6 is 0 Å². The summed E-state index contributed by atoms with van der Waals surface area (Å²) >= 11 is 0. The molecule has 462 valence electrons. The second kappa shape index (κ2) is 24.8. The van der Waals surface area contributed by atoms with Crippen molar-refractivity contribution in [1.29, 1.82) is 0 Å². The van der Waals surface area contributed by atoms with Crippen molar-refractivity contribution >= 4 is 41.6 Å². The van der Waals surface area contributed by atoms with Crippen LogP contribution in [-0.4, -0.2) is 92.4 Å². The van der Waals surface area contributed by atoms with Gasteiger partial charge in [0.15, 0.2) is 17.3 Å². The largest absolute Gasteiger partial charge is 0.492 e. The van der Waals surface area contributed by atoms with E-state index in [1.807, 2.05) is 12.1 Å². The fraction of sp³-hybridized carbons (Fsp3) is 0.267. The molecule has 0 heterocycles. The fourth-order valence-electron chi connectivity index (χ4n) is 10.9. The van der Waals surface area contributed by atoms with E-state index < -0.39 is 64.0 Å². The van der Waals surface area contributed by atoms with Gasteiger partial charge < -0.3 is 37.9 Å². The number of carbonyl (C=O) groups excluding carboxylic acids is 7.